The molecule has 0 fully saturated rings. The van der Waals surface area contributed by atoms with Gasteiger partial charge >= 0.3 is 12.1 Å². The quantitative estimate of drug-likeness (QED) is 0.814. The summed E-state index contributed by atoms with van der Waals surface area (Å²) in [6.45, 7) is 6.19. The Kier molecular flexibility index (Phi) is 4.94. The van der Waals surface area contributed by atoms with Gasteiger partial charge in [-0.1, -0.05) is 12.1 Å². The number of rotatable bonds is 4. The van der Waals surface area contributed by atoms with Gasteiger partial charge in [-0.3, -0.25) is 14.5 Å². The predicted octanol–water partition coefficient (Wildman–Crippen LogP) is 1.92. The SMILES string of the molecule is CC(C)(C)OC(=O)N1Cc2ccc(C(=O)CC(N)C(=O)O)cc2C1. The molecule has 0 aromatic heterocycles. The van der Waals surface area contributed by atoms with Crippen LogP contribution in [-0.2, 0) is 22.6 Å². The molecule has 2 rings (SSSR count). The lowest BCUT2D eigenvalue weighted by Crippen LogP contribution is -2.33. The van der Waals surface area contributed by atoms with E-state index < -0.39 is 23.7 Å². The molecule has 24 heavy (non-hydrogen) atoms. The van der Waals surface area contributed by atoms with E-state index in [9.17, 15) is 14.4 Å². The number of nitrogens with two attached hydrogens (primary N) is 1. The largest absolute Gasteiger partial charge is 0.480 e. The topological polar surface area (TPSA) is 110 Å². The molecular weight excluding hydrogens is 312 g/mol. The summed E-state index contributed by atoms with van der Waals surface area (Å²) in [6.07, 6.45) is -0.663. The fraction of sp³-hybridized carbons (Fsp3) is 0.471. The zero-order valence-electron chi connectivity index (χ0n) is 14.0. The van der Waals surface area contributed by atoms with E-state index in [0.717, 1.165) is 11.1 Å². The zero-order chi connectivity index (χ0) is 18.1. The Hall–Kier alpha value is -2.41. The lowest BCUT2D eigenvalue weighted by Gasteiger charge is -2.24. The van der Waals surface area contributed by atoms with E-state index in [1.54, 1.807) is 43.9 Å². The number of benzene rings is 1. The van der Waals surface area contributed by atoms with Crippen molar-refractivity contribution in [3.63, 3.8) is 0 Å². The molecule has 0 radical (unpaired) electrons. The summed E-state index contributed by atoms with van der Waals surface area (Å²) in [5.74, 6) is -1.54. The van der Waals surface area contributed by atoms with Crippen molar-refractivity contribution in [1.82, 2.24) is 4.90 Å². The van der Waals surface area contributed by atoms with Gasteiger partial charge in [0, 0.05) is 25.1 Å². The molecule has 1 amide bonds. The third kappa shape index (κ3) is 4.32. The number of ether oxygens (including phenoxy) is 1. The second kappa shape index (κ2) is 6.60. The molecule has 1 aliphatic heterocycles. The lowest BCUT2D eigenvalue weighted by molar-refractivity contribution is -0.138. The van der Waals surface area contributed by atoms with Gasteiger partial charge in [0.15, 0.2) is 5.78 Å². The Morgan fingerprint density at radius 3 is 2.46 bits per heavy atom. The van der Waals surface area contributed by atoms with Crippen molar-refractivity contribution in [1.29, 1.82) is 0 Å². The van der Waals surface area contributed by atoms with Crippen LogP contribution in [0.2, 0.25) is 0 Å². The number of amides is 1. The van der Waals surface area contributed by atoms with Gasteiger partial charge in [-0.2, -0.15) is 0 Å². The van der Waals surface area contributed by atoms with E-state index in [0.29, 0.717) is 18.7 Å². The molecule has 1 unspecified atom stereocenters. The van der Waals surface area contributed by atoms with Gasteiger partial charge < -0.3 is 15.6 Å². The zero-order valence-corrected chi connectivity index (χ0v) is 14.0. The minimum absolute atomic E-state index is 0.260. The van der Waals surface area contributed by atoms with E-state index in [4.69, 9.17) is 15.6 Å². The molecule has 0 spiro atoms. The van der Waals surface area contributed by atoms with Crippen molar-refractivity contribution in [3.05, 3.63) is 34.9 Å². The third-order valence-corrected chi connectivity index (χ3v) is 3.62. The first-order valence-electron chi connectivity index (χ1n) is 7.68. The fourth-order valence-corrected chi connectivity index (χ4v) is 2.43. The van der Waals surface area contributed by atoms with Crippen molar-refractivity contribution in [2.75, 3.05) is 0 Å². The molecule has 1 atom stereocenters. The van der Waals surface area contributed by atoms with Crippen LogP contribution in [0, 0.1) is 0 Å². The number of fused-ring (bicyclic) bond motifs is 1. The number of Topliss-reactive ketones (excluding diaryl/α,β-unsaturated/α-hetero) is 1. The number of hydrogen-bond donors (Lipinski definition) is 2. The average molecular weight is 334 g/mol. The maximum Gasteiger partial charge on any atom is 0.410 e. The van der Waals surface area contributed by atoms with Gasteiger partial charge in [0.25, 0.3) is 0 Å². The summed E-state index contributed by atoms with van der Waals surface area (Å²) in [6, 6.07) is 3.88. The minimum atomic E-state index is -1.22. The highest BCUT2D eigenvalue weighted by Crippen LogP contribution is 2.26. The molecule has 0 bridgehead atoms. The number of carboxylic acid groups (broad SMARTS) is 1. The van der Waals surface area contributed by atoms with E-state index in [-0.39, 0.29) is 12.2 Å². The van der Waals surface area contributed by atoms with Crippen LogP contribution in [0.5, 0.6) is 0 Å². The van der Waals surface area contributed by atoms with Crippen molar-refractivity contribution in [2.24, 2.45) is 5.73 Å². The molecule has 1 heterocycles. The second-order valence-corrected chi connectivity index (χ2v) is 6.89. The first-order valence-corrected chi connectivity index (χ1v) is 7.68. The fourth-order valence-electron chi connectivity index (χ4n) is 2.43. The molecule has 0 aliphatic carbocycles. The molecule has 7 nitrogen and oxygen atoms in total. The molecule has 1 aliphatic rings. The molecule has 7 heteroatoms. The van der Waals surface area contributed by atoms with Crippen LogP contribution in [0.15, 0.2) is 18.2 Å². The normalized spacial score (nSPS) is 14.9. The van der Waals surface area contributed by atoms with E-state index in [2.05, 4.69) is 0 Å². The van der Waals surface area contributed by atoms with Crippen molar-refractivity contribution in [3.8, 4) is 0 Å². The molecule has 1 aromatic rings. The van der Waals surface area contributed by atoms with Crippen LogP contribution in [0.3, 0.4) is 0 Å². The first-order chi connectivity index (χ1) is 11.1. The molecule has 3 N–H and O–H groups in total. The first kappa shape index (κ1) is 17.9. The summed E-state index contributed by atoms with van der Waals surface area (Å²) in [4.78, 5) is 36.6. The molecule has 0 saturated heterocycles. The van der Waals surface area contributed by atoms with Crippen LogP contribution < -0.4 is 5.73 Å². The minimum Gasteiger partial charge on any atom is -0.480 e. The number of hydrogen-bond acceptors (Lipinski definition) is 5. The number of aliphatic carboxylic acids is 1. The van der Waals surface area contributed by atoms with E-state index >= 15 is 0 Å². The van der Waals surface area contributed by atoms with E-state index in [1.165, 1.54) is 0 Å². The van der Waals surface area contributed by atoms with Crippen LogP contribution in [0.25, 0.3) is 0 Å². The second-order valence-electron chi connectivity index (χ2n) is 6.89. The highest BCUT2D eigenvalue weighted by molar-refractivity contribution is 5.99. The van der Waals surface area contributed by atoms with Gasteiger partial charge in [0.1, 0.15) is 11.6 Å². The standard InChI is InChI=1S/C17H22N2O5/c1-17(2,3)24-16(23)19-8-11-5-4-10(6-12(11)9-19)14(20)7-13(18)15(21)22/h4-6,13H,7-9,18H2,1-3H3,(H,21,22). The van der Waals surface area contributed by atoms with Crippen molar-refractivity contribution >= 4 is 17.8 Å². The molecule has 0 saturated carbocycles. The van der Waals surface area contributed by atoms with Crippen molar-refractivity contribution < 1.29 is 24.2 Å². The van der Waals surface area contributed by atoms with Crippen molar-refractivity contribution in [2.45, 2.75) is 51.9 Å². The third-order valence-electron chi connectivity index (χ3n) is 3.62. The van der Waals surface area contributed by atoms with Gasteiger partial charge in [-0.15, -0.1) is 0 Å². The van der Waals surface area contributed by atoms with Crippen LogP contribution in [-0.4, -0.2) is 39.5 Å². The van der Waals surface area contributed by atoms with E-state index in [1.807, 2.05) is 0 Å². The smallest absolute Gasteiger partial charge is 0.410 e. The van der Waals surface area contributed by atoms with Gasteiger partial charge in [0.2, 0.25) is 0 Å². The summed E-state index contributed by atoms with van der Waals surface area (Å²) in [5, 5.41) is 8.79. The summed E-state index contributed by atoms with van der Waals surface area (Å²) < 4.78 is 5.35. The number of carbonyl (C=O) groups is 3. The predicted molar refractivity (Wildman–Crippen MR) is 86.5 cm³/mol. The Labute approximate surface area is 140 Å². The number of ketones is 1. The number of nitrogens with zero attached hydrogens (tertiary/aromatic N) is 1. The number of carbonyl (C=O) groups excluding carboxylic acids is 2. The maximum atomic E-state index is 12.1. The summed E-state index contributed by atoms with van der Waals surface area (Å²) in [7, 11) is 0. The summed E-state index contributed by atoms with van der Waals surface area (Å²) in [5.41, 5.74) is 7.03. The average Bonchev–Trinajstić information content (AvgIpc) is 2.88. The van der Waals surface area contributed by atoms with Crippen LogP contribution in [0.4, 0.5) is 4.79 Å². The lowest BCUT2D eigenvalue weighted by atomic mass is 10.00. The molecule has 130 valence electrons. The number of carboxylic acids is 1. The molecule has 1 aromatic carbocycles. The Bertz CT molecular complexity index is 678. The highest BCUT2D eigenvalue weighted by Gasteiger charge is 2.28. The van der Waals surface area contributed by atoms with Crippen LogP contribution >= 0.6 is 0 Å². The Balaban J connectivity index is 2.07. The maximum absolute atomic E-state index is 12.1. The highest BCUT2D eigenvalue weighted by atomic mass is 16.6. The Morgan fingerprint density at radius 2 is 1.88 bits per heavy atom. The Morgan fingerprint density at radius 1 is 1.25 bits per heavy atom. The molecular formula is C17H22N2O5. The van der Waals surface area contributed by atoms with Gasteiger partial charge in [-0.25, -0.2) is 4.79 Å². The van der Waals surface area contributed by atoms with Gasteiger partial charge in [-0.05, 0) is 38.0 Å². The summed E-state index contributed by atoms with van der Waals surface area (Å²) >= 11 is 0. The monoisotopic (exact) mass is 334 g/mol. The van der Waals surface area contributed by atoms with Gasteiger partial charge in [0.05, 0.1) is 0 Å². The van der Waals surface area contributed by atoms with Crippen LogP contribution in [0.1, 0.15) is 48.7 Å².